The molecule has 21 heavy (non-hydrogen) atoms. The van der Waals surface area contributed by atoms with Crippen LogP contribution in [0.4, 0.5) is 11.5 Å². The number of hydrogen-bond acceptors (Lipinski definition) is 3. The van der Waals surface area contributed by atoms with Crippen molar-refractivity contribution >= 4 is 29.0 Å². The Balaban J connectivity index is 2.19. The summed E-state index contributed by atoms with van der Waals surface area (Å²) in [6.07, 6.45) is 0.926. The van der Waals surface area contributed by atoms with Crippen molar-refractivity contribution < 1.29 is 4.79 Å². The first kappa shape index (κ1) is 15.3. The molecule has 110 valence electrons. The average Bonchev–Trinajstić information content (AvgIpc) is 2.47. The van der Waals surface area contributed by atoms with E-state index in [2.05, 4.69) is 22.5 Å². The number of amides is 1. The zero-order valence-electron chi connectivity index (χ0n) is 12.1. The molecule has 0 saturated heterocycles. The molecule has 0 saturated carbocycles. The number of halogens is 1. The van der Waals surface area contributed by atoms with E-state index < -0.39 is 0 Å². The molecule has 1 aromatic heterocycles. The van der Waals surface area contributed by atoms with Gasteiger partial charge in [0.05, 0.1) is 0 Å². The summed E-state index contributed by atoms with van der Waals surface area (Å²) in [4.78, 5) is 16.4. The minimum atomic E-state index is -0.202. The van der Waals surface area contributed by atoms with E-state index in [9.17, 15) is 4.79 Å². The lowest BCUT2D eigenvalue weighted by Crippen LogP contribution is -2.13. The lowest BCUT2D eigenvalue weighted by atomic mass is 10.1. The summed E-state index contributed by atoms with van der Waals surface area (Å²) >= 11 is 5.95. The van der Waals surface area contributed by atoms with E-state index in [-0.39, 0.29) is 5.91 Å². The van der Waals surface area contributed by atoms with E-state index in [4.69, 9.17) is 11.6 Å². The molecule has 0 atom stereocenters. The van der Waals surface area contributed by atoms with Crippen molar-refractivity contribution in [2.24, 2.45) is 0 Å². The number of hydrogen-bond donors (Lipinski definition) is 2. The molecule has 0 aliphatic carbocycles. The van der Waals surface area contributed by atoms with Crippen molar-refractivity contribution in [3.8, 4) is 0 Å². The van der Waals surface area contributed by atoms with Crippen LogP contribution in [-0.2, 0) is 6.42 Å². The molecular formula is C16H18ClN3O. The fraction of sp³-hybridized carbons (Fsp3) is 0.250. The predicted molar refractivity (Wildman–Crippen MR) is 87.2 cm³/mol. The van der Waals surface area contributed by atoms with E-state index in [0.717, 1.165) is 12.1 Å². The van der Waals surface area contributed by atoms with Crippen LogP contribution in [0, 0.1) is 0 Å². The number of nitrogens with zero attached hydrogens (tertiary/aromatic N) is 1. The molecule has 2 N–H and O–H groups in total. The number of carbonyl (C=O) groups excluding carboxylic acids is 1. The number of aromatic nitrogens is 1. The summed E-state index contributed by atoms with van der Waals surface area (Å²) < 4.78 is 0. The Hall–Kier alpha value is -2.07. The number of pyridine rings is 1. The first-order valence-electron chi connectivity index (χ1n) is 6.94. The average molecular weight is 304 g/mol. The molecule has 0 bridgehead atoms. The Morgan fingerprint density at radius 1 is 1.24 bits per heavy atom. The van der Waals surface area contributed by atoms with Crippen molar-refractivity contribution in [2.75, 3.05) is 17.2 Å². The zero-order valence-corrected chi connectivity index (χ0v) is 12.9. The van der Waals surface area contributed by atoms with Gasteiger partial charge >= 0.3 is 0 Å². The molecule has 1 heterocycles. The molecule has 0 radical (unpaired) electrons. The molecule has 1 amide bonds. The van der Waals surface area contributed by atoms with Gasteiger partial charge < -0.3 is 10.6 Å². The standard InChI is InChI=1S/C16H18ClN3O/c1-3-11-6-5-7-13(8-11)19-16(21)12-9-14(17)20-15(10-12)18-4-2/h5-10H,3-4H2,1-2H3,(H,18,20)(H,19,21). The van der Waals surface area contributed by atoms with Crippen LogP contribution in [0.1, 0.15) is 29.8 Å². The zero-order chi connectivity index (χ0) is 15.2. The molecule has 2 rings (SSSR count). The second-order valence-electron chi connectivity index (χ2n) is 4.60. The Labute approximate surface area is 129 Å². The summed E-state index contributed by atoms with van der Waals surface area (Å²) in [6, 6.07) is 11.0. The van der Waals surface area contributed by atoms with Crippen molar-refractivity contribution in [1.82, 2.24) is 4.98 Å². The molecule has 2 aromatic rings. The largest absolute Gasteiger partial charge is 0.370 e. The number of aryl methyl sites for hydroxylation is 1. The maximum atomic E-state index is 12.3. The topological polar surface area (TPSA) is 54.0 Å². The van der Waals surface area contributed by atoms with Gasteiger partial charge in [0.1, 0.15) is 11.0 Å². The highest BCUT2D eigenvalue weighted by atomic mass is 35.5. The van der Waals surface area contributed by atoms with Gasteiger partial charge in [0, 0.05) is 17.8 Å². The second kappa shape index (κ2) is 7.09. The number of benzene rings is 1. The first-order valence-corrected chi connectivity index (χ1v) is 7.32. The van der Waals surface area contributed by atoms with E-state index in [0.29, 0.717) is 23.1 Å². The van der Waals surface area contributed by atoms with Crippen LogP contribution >= 0.6 is 11.6 Å². The minimum absolute atomic E-state index is 0.202. The van der Waals surface area contributed by atoms with Crippen LogP contribution in [0.5, 0.6) is 0 Å². The third-order valence-electron chi connectivity index (χ3n) is 3.01. The van der Waals surface area contributed by atoms with Crippen LogP contribution in [0.25, 0.3) is 0 Å². The van der Waals surface area contributed by atoms with Crippen LogP contribution in [-0.4, -0.2) is 17.4 Å². The molecule has 5 heteroatoms. The van der Waals surface area contributed by atoms with Gasteiger partial charge in [0.2, 0.25) is 0 Å². The Bertz CT molecular complexity index is 643. The highest BCUT2D eigenvalue weighted by Gasteiger charge is 2.09. The molecule has 1 aromatic carbocycles. The van der Waals surface area contributed by atoms with Gasteiger partial charge in [-0.05, 0) is 43.2 Å². The summed E-state index contributed by atoms with van der Waals surface area (Å²) in [5.41, 5.74) is 2.43. The van der Waals surface area contributed by atoms with Gasteiger partial charge in [0.15, 0.2) is 0 Å². The van der Waals surface area contributed by atoms with Crippen LogP contribution in [0.3, 0.4) is 0 Å². The van der Waals surface area contributed by atoms with Crippen LogP contribution < -0.4 is 10.6 Å². The summed E-state index contributed by atoms with van der Waals surface area (Å²) in [5, 5.41) is 6.22. The van der Waals surface area contributed by atoms with Crippen molar-refractivity contribution in [3.05, 3.63) is 52.7 Å². The predicted octanol–water partition coefficient (Wildman–Crippen LogP) is 3.98. The smallest absolute Gasteiger partial charge is 0.255 e. The number of carbonyl (C=O) groups is 1. The summed E-state index contributed by atoms with van der Waals surface area (Å²) in [5.74, 6) is 0.393. The maximum absolute atomic E-state index is 12.3. The monoisotopic (exact) mass is 303 g/mol. The highest BCUT2D eigenvalue weighted by Crippen LogP contribution is 2.17. The van der Waals surface area contributed by atoms with E-state index in [1.165, 1.54) is 5.56 Å². The van der Waals surface area contributed by atoms with E-state index >= 15 is 0 Å². The SMILES string of the molecule is CCNc1cc(C(=O)Nc2cccc(CC)c2)cc(Cl)n1. The fourth-order valence-electron chi connectivity index (χ4n) is 1.97. The third kappa shape index (κ3) is 4.20. The summed E-state index contributed by atoms with van der Waals surface area (Å²) in [6.45, 7) is 4.75. The van der Waals surface area contributed by atoms with Gasteiger partial charge in [-0.1, -0.05) is 30.7 Å². The van der Waals surface area contributed by atoms with Crippen molar-refractivity contribution in [2.45, 2.75) is 20.3 Å². The first-order chi connectivity index (χ1) is 10.1. The molecular weight excluding hydrogens is 286 g/mol. The third-order valence-corrected chi connectivity index (χ3v) is 3.20. The molecule has 0 aliphatic rings. The molecule has 0 fully saturated rings. The van der Waals surface area contributed by atoms with Gasteiger partial charge in [-0.2, -0.15) is 0 Å². The van der Waals surface area contributed by atoms with Crippen molar-refractivity contribution in [1.29, 1.82) is 0 Å². The lowest BCUT2D eigenvalue weighted by molar-refractivity contribution is 0.102. The fourth-order valence-corrected chi connectivity index (χ4v) is 2.18. The van der Waals surface area contributed by atoms with Gasteiger partial charge in [-0.3, -0.25) is 4.79 Å². The Morgan fingerprint density at radius 2 is 2.05 bits per heavy atom. The minimum Gasteiger partial charge on any atom is -0.370 e. The number of anilines is 2. The van der Waals surface area contributed by atoms with Crippen LogP contribution in [0.15, 0.2) is 36.4 Å². The number of nitrogens with one attached hydrogen (secondary N) is 2. The highest BCUT2D eigenvalue weighted by molar-refractivity contribution is 6.30. The normalized spacial score (nSPS) is 10.2. The van der Waals surface area contributed by atoms with Gasteiger partial charge in [-0.15, -0.1) is 0 Å². The van der Waals surface area contributed by atoms with E-state index in [1.54, 1.807) is 12.1 Å². The molecule has 0 aliphatic heterocycles. The molecule has 0 unspecified atom stereocenters. The van der Waals surface area contributed by atoms with E-state index in [1.807, 2.05) is 31.2 Å². The Morgan fingerprint density at radius 3 is 2.76 bits per heavy atom. The molecule has 4 nitrogen and oxygen atoms in total. The van der Waals surface area contributed by atoms with Gasteiger partial charge in [-0.25, -0.2) is 4.98 Å². The second-order valence-corrected chi connectivity index (χ2v) is 4.99. The Kier molecular flexibility index (Phi) is 5.17. The molecule has 0 spiro atoms. The quantitative estimate of drug-likeness (QED) is 0.821. The number of rotatable bonds is 5. The van der Waals surface area contributed by atoms with Crippen LogP contribution in [0.2, 0.25) is 5.15 Å². The van der Waals surface area contributed by atoms with Gasteiger partial charge in [0.25, 0.3) is 5.91 Å². The van der Waals surface area contributed by atoms with Crippen molar-refractivity contribution in [3.63, 3.8) is 0 Å². The maximum Gasteiger partial charge on any atom is 0.255 e. The summed E-state index contributed by atoms with van der Waals surface area (Å²) in [7, 11) is 0. The lowest BCUT2D eigenvalue weighted by Gasteiger charge is -2.09.